The maximum atomic E-state index is 14.0. The van der Waals surface area contributed by atoms with Crippen molar-refractivity contribution in [2.45, 2.75) is 90.4 Å². The molecule has 0 unspecified atom stereocenters. The van der Waals surface area contributed by atoms with Crippen LogP contribution in [0.1, 0.15) is 77.1 Å². The third-order valence-corrected chi connectivity index (χ3v) is 10.2. The molecule has 3 saturated carbocycles. The van der Waals surface area contributed by atoms with E-state index in [2.05, 4.69) is 50.6 Å². The van der Waals surface area contributed by atoms with Gasteiger partial charge in [-0.25, -0.2) is 10.1 Å². The van der Waals surface area contributed by atoms with Gasteiger partial charge in [0.2, 0.25) is 5.91 Å². The lowest BCUT2D eigenvalue weighted by atomic mass is 9.43. The second-order valence-corrected chi connectivity index (χ2v) is 13.9. The number of fused-ring (bicyclic) bond motifs is 1. The van der Waals surface area contributed by atoms with Crippen molar-refractivity contribution in [3.8, 4) is 0 Å². The van der Waals surface area contributed by atoms with Gasteiger partial charge < -0.3 is 25.3 Å². The Labute approximate surface area is 264 Å². The number of carbonyl (C=O) groups is 2. The number of guanidine groups is 1. The molecule has 2 aromatic carbocycles. The first-order valence-corrected chi connectivity index (χ1v) is 15.9. The molecule has 242 valence electrons. The monoisotopic (exact) mass is 620 g/mol. The van der Waals surface area contributed by atoms with Crippen LogP contribution in [0, 0.1) is 38.7 Å². The Bertz CT molecular complexity index is 1450. The third-order valence-electron chi connectivity index (χ3n) is 10.2. The Kier molecular flexibility index (Phi) is 9.41. The molecular formula is C32H45BN6O6. The SMILES string of the molecule is CC(C)C[C@H](NC(=O)[C@H](CCCNC(=N)N[N+](=O)[O-])NC(=O)c1cccc2ccccc12)B1O[C@@H]2C[C@@H]3C[C@@H](C3(C)C)[C@]2(C)O1. The summed E-state index contributed by atoms with van der Waals surface area (Å²) in [7, 11) is -0.605. The summed E-state index contributed by atoms with van der Waals surface area (Å²) < 4.78 is 13.3. The minimum atomic E-state index is -0.906. The van der Waals surface area contributed by atoms with E-state index in [0.29, 0.717) is 30.2 Å². The predicted octanol–water partition coefficient (Wildman–Crippen LogP) is 3.82. The van der Waals surface area contributed by atoms with Gasteiger partial charge in [-0.1, -0.05) is 69.5 Å². The van der Waals surface area contributed by atoms with E-state index >= 15 is 0 Å². The second-order valence-electron chi connectivity index (χ2n) is 13.9. The van der Waals surface area contributed by atoms with Crippen molar-refractivity contribution in [1.82, 2.24) is 21.4 Å². The van der Waals surface area contributed by atoms with Crippen LogP contribution in [-0.2, 0) is 14.1 Å². The van der Waals surface area contributed by atoms with Crippen molar-refractivity contribution in [3.63, 3.8) is 0 Å². The normalized spacial score (nSPS) is 25.9. The Hall–Kier alpha value is -3.71. The standard InChI is InChI=1S/C32H45BN6O6/c1-19(2)16-27(33-44-26-18-21-17-25(31(21,3)4)32(26,5)45-33)37-29(41)24(14-9-15-35-30(34)38-39(42)43)36-28(40)23-13-8-11-20-10-6-7-12-22(20)23/h6-8,10-13,19,21,24-27H,9,14-18H2,1-5H3,(H,36,40)(H,37,41)(H3,34,35,38)/t21-,24-,25-,26+,27-,32-/m0/s1. The van der Waals surface area contributed by atoms with Crippen LogP contribution in [0.5, 0.6) is 0 Å². The molecule has 2 aromatic rings. The van der Waals surface area contributed by atoms with Crippen LogP contribution >= 0.6 is 0 Å². The number of carbonyl (C=O) groups excluding carboxylic acids is 2. The lowest BCUT2D eigenvalue weighted by Gasteiger charge is -2.64. The number of hydrazine groups is 1. The molecule has 12 nitrogen and oxygen atoms in total. The van der Waals surface area contributed by atoms with Gasteiger partial charge in [0.25, 0.3) is 11.9 Å². The van der Waals surface area contributed by atoms with Crippen LogP contribution < -0.4 is 21.4 Å². The van der Waals surface area contributed by atoms with Gasteiger partial charge in [-0.2, -0.15) is 0 Å². The molecule has 1 aliphatic heterocycles. The molecule has 0 aromatic heterocycles. The van der Waals surface area contributed by atoms with Crippen LogP contribution in [0.25, 0.3) is 10.8 Å². The van der Waals surface area contributed by atoms with Gasteiger partial charge in [0, 0.05) is 12.1 Å². The maximum absolute atomic E-state index is 14.0. The predicted molar refractivity (Wildman–Crippen MR) is 172 cm³/mol. The van der Waals surface area contributed by atoms with Crippen molar-refractivity contribution in [3.05, 3.63) is 58.1 Å². The smallest absolute Gasteiger partial charge is 0.404 e. The lowest BCUT2D eigenvalue weighted by Crippen LogP contribution is -2.65. The van der Waals surface area contributed by atoms with E-state index < -0.39 is 35.7 Å². The second kappa shape index (κ2) is 13.0. The number of benzene rings is 2. The van der Waals surface area contributed by atoms with E-state index in [4.69, 9.17) is 14.7 Å². The highest BCUT2D eigenvalue weighted by atomic mass is 16.7. The number of nitro groups is 1. The average molecular weight is 621 g/mol. The Morgan fingerprint density at radius 1 is 1.11 bits per heavy atom. The van der Waals surface area contributed by atoms with Gasteiger partial charge >= 0.3 is 7.12 Å². The zero-order valence-electron chi connectivity index (χ0n) is 26.7. The molecule has 3 aliphatic carbocycles. The molecule has 2 amide bonds. The number of nitrogens with one attached hydrogen (secondary N) is 5. The van der Waals surface area contributed by atoms with Crippen molar-refractivity contribution in [2.24, 2.45) is 23.2 Å². The third kappa shape index (κ3) is 6.79. The minimum absolute atomic E-state index is 0.0260. The Balaban J connectivity index is 1.31. The van der Waals surface area contributed by atoms with Crippen LogP contribution in [0.3, 0.4) is 0 Å². The number of hydrogen-bond acceptors (Lipinski definition) is 7. The van der Waals surface area contributed by atoms with Crippen LogP contribution in [0.4, 0.5) is 0 Å². The van der Waals surface area contributed by atoms with Gasteiger partial charge in [0.1, 0.15) is 6.04 Å². The van der Waals surface area contributed by atoms with Crippen molar-refractivity contribution in [2.75, 3.05) is 6.54 Å². The van der Waals surface area contributed by atoms with E-state index in [1.807, 2.05) is 36.4 Å². The molecule has 1 heterocycles. The molecule has 0 radical (unpaired) electrons. The highest BCUT2D eigenvalue weighted by Gasteiger charge is 2.68. The maximum Gasteiger partial charge on any atom is 0.481 e. The molecule has 2 bridgehead atoms. The van der Waals surface area contributed by atoms with E-state index in [1.165, 1.54) is 0 Å². The van der Waals surface area contributed by atoms with Gasteiger partial charge in [0.05, 0.1) is 17.6 Å². The molecule has 1 saturated heterocycles. The van der Waals surface area contributed by atoms with Gasteiger partial charge in [-0.15, -0.1) is 0 Å². The van der Waals surface area contributed by atoms with E-state index in [9.17, 15) is 19.7 Å². The zero-order chi connectivity index (χ0) is 32.5. The van der Waals surface area contributed by atoms with E-state index in [0.717, 1.165) is 23.6 Å². The van der Waals surface area contributed by atoms with Crippen molar-refractivity contribution >= 4 is 35.7 Å². The van der Waals surface area contributed by atoms with Gasteiger partial charge in [0.15, 0.2) is 5.03 Å². The summed E-state index contributed by atoms with van der Waals surface area (Å²) in [6, 6.07) is 12.1. The summed E-state index contributed by atoms with van der Waals surface area (Å²) in [6.45, 7) is 11.1. The molecule has 13 heteroatoms. The average Bonchev–Trinajstić information content (AvgIpc) is 3.34. The number of hydrogen-bond donors (Lipinski definition) is 5. The molecule has 4 aliphatic rings. The highest BCUT2D eigenvalue weighted by molar-refractivity contribution is 6.48. The lowest BCUT2D eigenvalue weighted by molar-refractivity contribution is -0.525. The summed E-state index contributed by atoms with van der Waals surface area (Å²) in [5, 5.41) is 27.9. The molecule has 6 atom stereocenters. The quantitative estimate of drug-likeness (QED) is 0.0596. The van der Waals surface area contributed by atoms with Gasteiger partial charge in [-0.3, -0.25) is 15.0 Å². The molecule has 6 rings (SSSR count). The minimum Gasteiger partial charge on any atom is -0.404 e. The summed E-state index contributed by atoms with van der Waals surface area (Å²) in [6.07, 6.45) is 3.27. The molecule has 4 fully saturated rings. The molecule has 5 N–H and O–H groups in total. The Morgan fingerprint density at radius 3 is 2.56 bits per heavy atom. The molecule has 0 spiro atoms. The summed E-state index contributed by atoms with van der Waals surface area (Å²) in [4.78, 5) is 38.2. The fourth-order valence-electron chi connectivity index (χ4n) is 7.68. The van der Waals surface area contributed by atoms with Crippen molar-refractivity contribution < 1.29 is 23.9 Å². The van der Waals surface area contributed by atoms with Crippen LogP contribution in [-0.4, -0.2) is 60.2 Å². The first kappa shape index (κ1) is 32.7. The van der Waals surface area contributed by atoms with E-state index in [-0.39, 0.29) is 42.2 Å². The first-order chi connectivity index (χ1) is 21.3. The fourth-order valence-corrected chi connectivity index (χ4v) is 7.68. The van der Waals surface area contributed by atoms with Crippen LogP contribution in [0.2, 0.25) is 0 Å². The fraction of sp³-hybridized carbons (Fsp3) is 0.594. The Morgan fingerprint density at radius 2 is 1.84 bits per heavy atom. The summed E-state index contributed by atoms with van der Waals surface area (Å²) in [5.74, 6) is -0.377. The van der Waals surface area contributed by atoms with E-state index in [1.54, 1.807) is 11.5 Å². The summed E-state index contributed by atoms with van der Waals surface area (Å²) in [5.41, 5.74) is 1.99. The van der Waals surface area contributed by atoms with Crippen LogP contribution in [0.15, 0.2) is 42.5 Å². The number of amides is 2. The highest BCUT2D eigenvalue weighted by Crippen LogP contribution is 2.65. The number of nitrogens with zero attached hydrogens (tertiary/aromatic N) is 1. The van der Waals surface area contributed by atoms with Gasteiger partial charge in [-0.05, 0) is 79.0 Å². The van der Waals surface area contributed by atoms with Crippen molar-refractivity contribution in [1.29, 1.82) is 5.41 Å². The zero-order valence-corrected chi connectivity index (χ0v) is 26.7. The summed E-state index contributed by atoms with van der Waals surface area (Å²) >= 11 is 0. The molecular weight excluding hydrogens is 575 g/mol. The molecule has 45 heavy (non-hydrogen) atoms. The number of rotatable bonds is 12. The first-order valence-electron chi connectivity index (χ1n) is 15.9. The topological polar surface area (TPSA) is 168 Å². The largest absolute Gasteiger partial charge is 0.481 e.